The molecule has 0 aliphatic carbocycles. The molecule has 1 aromatic carbocycles. The van der Waals surface area contributed by atoms with Gasteiger partial charge in [0.15, 0.2) is 5.82 Å². The summed E-state index contributed by atoms with van der Waals surface area (Å²) < 4.78 is 40.3. The number of aromatic nitrogens is 2. The Labute approximate surface area is 113 Å². The minimum atomic E-state index is -0.831. The zero-order valence-electron chi connectivity index (χ0n) is 10.6. The first-order valence-electron chi connectivity index (χ1n) is 5.76. The number of benzene rings is 1. The highest BCUT2D eigenvalue weighted by molar-refractivity contribution is 5.89. The Kier molecular flexibility index (Phi) is 4.14. The van der Waals surface area contributed by atoms with Crippen molar-refractivity contribution in [2.75, 3.05) is 6.61 Å². The van der Waals surface area contributed by atoms with Crippen LogP contribution in [0.5, 0.6) is 0 Å². The molecule has 0 saturated carbocycles. The van der Waals surface area contributed by atoms with E-state index in [2.05, 4.69) is 9.97 Å². The van der Waals surface area contributed by atoms with Gasteiger partial charge in [0.2, 0.25) is 0 Å². The van der Waals surface area contributed by atoms with Gasteiger partial charge in [-0.15, -0.1) is 0 Å². The largest absolute Gasteiger partial charge is 0.392 e. The molecular formula is C14H11F3N2O. The van der Waals surface area contributed by atoms with Gasteiger partial charge in [-0.3, -0.25) is 0 Å². The smallest absolute Gasteiger partial charge is 0.167 e. The topological polar surface area (TPSA) is 46.0 Å². The Morgan fingerprint density at radius 1 is 1.20 bits per heavy atom. The Morgan fingerprint density at radius 3 is 2.55 bits per heavy atom. The Morgan fingerprint density at radius 2 is 1.95 bits per heavy atom. The van der Waals surface area contributed by atoms with E-state index in [1.54, 1.807) is 0 Å². The summed E-state index contributed by atoms with van der Waals surface area (Å²) in [6, 6.07) is 2.96. The number of hydrogen-bond acceptors (Lipinski definition) is 3. The molecule has 0 radical (unpaired) electrons. The van der Waals surface area contributed by atoms with Gasteiger partial charge in [0, 0.05) is 11.6 Å². The SMILES string of the molecule is C/C(=C(\CO)c1ccc(F)cc1F)c1ncncc1F. The molecule has 0 unspecified atom stereocenters. The fourth-order valence-corrected chi connectivity index (χ4v) is 1.87. The average molecular weight is 280 g/mol. The van der Waals surface area contributed by atoms with Crippen LogP contribution in [0, 0.1) is 17.5 Å². The van der Waals surface area contributed by atoms with E-state index in [1.807, 2.05) is 0 Å². The summed E-state index contributed by atoms with van der Waals surface area (Å²) in [5, 5.41) is 9.41. The van der Waals surface area contributed by atoms with Crippen LogP contribution in [-0.2, 0) is 0 Å². The summed E-state index contributed by atoms with van der Waals surface area (Å²) in [5.74, 6) is -2.24. The fourth-order valence-electron chi connectivity index (χ4n) is 1.87. The number of allylic oxidation sites excluding steroid dienone is 1. The van der Waals surface area contributed by atoms with E-state index < -0.39 is 24.1 Å². The molecule has 2 rings (SSSR count). The number of nitrogens with zero attached hydrogens (tertiary/aromatic N) is 2. The van der Waals surface area contributed by atoms with E-state index in [0.29, 0.717) is 6.07 Å². The number of rotatable bonds is 3. The van der Waals surface area contributed by atoms with Crippen molar-refractivity contribution in [1.82, 2.24) is 9.97 Å². The molecule has 0 aliphatic rings. The second kappa shape index (κ2) is 5.83. The van der Waals surface area contributed by atoms with Crippen molar-refractivity contribution >= 4 is 11.1 Å². The van der Waals surface area contributed by atoms with Gasteiger partial charge in [-0.05, 0) is 30.2 Å². The van der Waals surface area contributed by atoms with Gasteiger partial charge in [0.25, 0.3) is 0 Å². The molecule has 0 bridgehead atoms. The summed E-state index contributed by atoms with van der Waals surface area (Å²) >= 11 is 0. The summed E-state index contributed by atoms with van der Waals surface area (Å²) in [5.41, 5.74) is 0.371. The van der Waals surface area contributed by atoms with Crippen molar-refractivity contribution in [2.45, 2.75) is 6.92 Å². The normalized spacial score (nSPS) is 12.2. The molecule has 0 saturated heterocycles. The second-order valence-electron chi connectivity index (χ2n) is 4.11. The minimum Gasteiger partial charge on any atom is -0.392 e. The maximum Gasteiger partial charge on any atom is 0.167 e. The zero-order valence-corrected chi connectivity index (χ0v) is 10.6. The first-order valence-corrected chi connectivity index (χ1v) is 5.76. The quantitative estimate of drug-likeness (QED) is 0.940. The van der Waals surface area contributed by atoms with E-state index in [-0.39, 0.29) is 22.4 Å². The van der Waals surface area contributed by atoms with Crippen LogP contribution >= 0.6 is 0 Å². The molecule has 0 fully saturated rings. The number of aliphatic hydroxyl groups excluding tert-OH is 1. The second-order valence-corrected chi connectivity index (χ2v) is 4.11. The maximum atomic E-state index is 13.8. The van der Waals surface area contributed by atoms with Crippen LogP contribution in [0.3, 0.4) is 0 Å². The highest BCUT2D eigenvalue weighted by Crippen LogP contribution is 2.27. The zero-order chi connectivity index (χ0) is 14.7. The molecule has 0 atom stereocenters. The molecule has 0 aliphatic heterocycles. The van der Waals surface area contributed by atoms with Crippen LogP contribution in [0.25, 0.3) is 11.1 Å². The standard InChI is InChI=1S/C14H11F3N2O/c1-8(14-13(17)5-18-7-19-14)11(6-20)10-3-2-9(15)4-12(10)16/h2-5,7,20H,6H2,1H3/b11-8-. The molecule has 0 amide bonds. The lowest BCUT2D eigenvalue weighted by atomic mass is 9.98. The van der Waals surface area contributed by atoms with Crippen molar-refractivity contribution in [3.8, 4) is 0 Å². The van der Waals surface area contributed by atoms with E-state index in [0.717, 1.165) is 18.6 Å². The van der Waals surface area contributed by atoms with Crippen LogP contribution < -0.4 is 0 Å². The average Bonchev–Trinajstić information content (AvgIpc) is 2.42. The lowest BCUT2D eigenvalue weighted by Gasteiger charge is -2.11. The van der Waals surface area contributed by atoms with E-state index in [9.17, 15) is 18.3 Å². The number of aliphatic hydroxyl groups is 1. The monoisotopic (exact) mass is 280 g/mol. The van der Waals surface area contributed by atoms with Crippen LogP contribution in [-0.4, -0.2) is 21.7 Å². The van der Waals surface area contributed by atoms with Crippen molar-refractivity contribution in [1.29, 1.82) is 0 Å². The highest BCUT2D eigenvalue weighted by atomic mass is 19.1. The van der Waals surface area contributed by atoms with E-state index in [1.165, 1.54) is 13.0 Å². The molecule has 6 heteroatoms. The van der Waals surface area contributed by atoms with Crippen molar-refractivity contribution in [3.63, 3.8) is 0 Å². The van der Waals surface area contributed by atoms with Gasteiger partial charge in [-0.25, -0.2) is 23.1 Å². The van der Waals surface area contributed by atoms with Crippen LogP contribution in [0.15, 0.2) is 30.7 Å². The molecule has 2 aromatic rings. The van der Waals surface area contributed by atoms with Crippen molar-refractivity contribution in [3.05, 3.63) is 59.4 Å². The Hall–Kier alpha value is -2.21. The van der Waals surface area contributed by atoms with E-state index >= 15 is 0 Å². The van der Waals surface area contributed by atoms with Crippen LogP contribution in [0.1, 0.15) is 18.2 Å². The van der Waals surface area contributed by atoms with Crippen molar-refractivity contribution < 1.29 is 18.3 Å². The minimum absolute atomic E-state index is 0.00409. The predicted octanol–water partition coefficient (Wildman–Crippen LogP) is 2.82. The van der Waals surface area contributed by atoms with Crippen molar-refractivity contribution in [2.24, 2.45) is 0 Å². The molecule has 1 heterocycles. The summed E-state index contributed by atoms with van der Waals surface area (Å²) in [7, 11) is 0. The third kappa shape index (κ3) is 2.70. The summed E-state index contributed by atoms with van der Waals surface area (Å²) in [6.07, 6.45) is 2.12. The molecule has 20 heavy (non-hydrogen) atoms. The number of halogens is 3. The molecule has 3 nitrogen and oxygen atoms in total. The van der Waals surface area contributed by atoms with Gasteiger partial charge >= 0.3 is 0 Å². The first-order chi connectivity index (χ1) is 9.54. The molecular weight excluding hydrogens is 269 g/mol. The van der Waals surface area contributed by atoms with Crippen LogP contribution in [0.2, 0.25) is 0 Å². The lowest BCUT2D eigenvalue weighted by molar-refractivity contribution is 0.349. The maximum absolute atomic E-state index is 13.8. The summed E-state index contributed by atoms with van der Waals surface area (Å²) in [4.78, 5) is 7.29. The predicted molar refractivity (Wildman–Crippen MR) is 67.9 cm³/mol. The third-order valence-corrected chi connectivity index (χ3v) is 2.89. The fraction of sp³-hybridized carbons (Fsp3) is 0.143. The molecule has 1 aromatic heterocycles. The first kappa shape index (κ1) is 14.2. The van der Waals surface area contributed by atoms with Gasteiger partial charge in [0.05, 0.1) is 12.8 Å². The lowest BCUT2D eigenvalue weighted by Crippen LogP contribution is -2.01. The van der Waals surface area contributed by atoms with Gasteiger partial charge in [-0.1, -0.05) is 0 Å². The Bertz CT molecular complexity index is 671. The summed E-state index contributed by atoms with van der Waals surface area (Å²) in [6.45, 7) is 0.970. The van der Waals surface area contributed by atoms with Gasteiger partial charge in [-0.2, -0.15) is 0 Å². The molecule has 0 spiro atoms. The highest BCUT2D eigenvalue weighted by Gasteiger charge is 2.15. The molecule has 1 N–H and O–H groups in total. The van der Waals surface area contributed by atoms with Gasteiger partial charge in [0.1, 0.15) is 23.7 Å². The van der Waals surface area contributed by atoms with E-state index in [4.69, 9.17) is 0 Å². The molecule has 104 valence electrons. The van der Waals surface area contributed by atoms with Gasteiger partial charge < -0.3 is 5.11 Å². The number of hydrogen-bond donors (Lipinski definition) is 1. The van der Waals surface area contributed by atoms with Crippen LogP contribution in [0.4, 0.5) is 13.2 Å². The third-order valence-electron chi connectivity index (χ3n) is 2.89. The Balaban J connectivity index is 2.61.